The zero-order valence-corrected chi connectivity index (χ0v) is 14.2. The normalized spacial score (nSPS) is 12.0. The Balaban J connectivity index is 2.19. The summed E-state index contributed by atoms with van der Waals surface area (Å²) in [6, 6.07) is 9.61. The number of anilines is 1. The largest absolute Gasteiger partial charge is 0.378 e. The molecular weight excluding hydrogens is 360 g/mol. The van der Waals surface area contributed by atoms with E-state index in [9.17, 15) is 4.79 Å². The molecule has 0 spiro atoms. The van der Waals surface area contributed by atoms with Crippen LogP contribution in [0.3, 0.4) is 0 Å². The Labute approximate surface area is 135 Å². The maximum absolute atomic E-state index is 11.7. The first-order valence-electron chi connectivity index (χ1n) is 6.04. The predicted molar refractivity (Wildman–Crippen MR) is 88.9 cm³/mol. The van der Waals surface area contributed by atoms with E-state index >= 15 is 0 Å². The van der Waals surface area contributed by atoms with Gasteiger partial charge in [-0.1, -0.05) is 11.6 Å². The van der Waals surface area contributed by atoms with Crippen molar-refractivity contribution < 1.29 is 4.79 Å². The number of halogens is 2. The molecular formula is C14H14BrClN2OS. The Bertz CT molecular complexity index is 629. The molecule has 0 aliphatic carbocycles. The number of amides is 1. The van der Waals surface area contributed by atoms with Gasteiger partial charge in [0.2, 0.25) is 0 Å². The van der Waals surface area contributed by atoms with E-state index in [1.54, 1.807) is 30.5 Å². The zero-order chi connectivity index (χ0) is 14.7. The first kappa shape index (κ1) is 15.4. The zero-order valence-electron chi connectivity index (χ0n) is 11.0. The van der Waals surface area contributed by atoms with E-state index in [4.69, 9.17) is 11.6 Å². The van der Waals surface area contributed by atoms with Gasteiger partial charge in [0.25, 0.3) is 5.91 Å². The van der Waals surface area contributed by atoms with Crippen LogP contribution in [0, 0.1) is 0 Å². The van der Waals surface area contributed by atoms with Crippen LogP contribution in [0.1, 0.15) is 28.2 Å². The minimum atomic E-state index is -0.190. The topological polar surface area (TPSA) is 41.1 Å². The standard InChI is InChI=1S/C14H14BrClN2OS/c1-8(12-5-6-13(15)20-12)18-9-3-4-11(16)10(7-9)14(19)17-2/h3-8,18H,1-2H3,(H,17,19). The molecule has 20 heavy (non-hydrogen) atoms. The number of hydrogen-bond acceptors (Lipinski definition) is 3. The van der Waals surface area contributed by atoms with Crippen LogP contribution in [-0.2, 0) is 0 Å². The van der Waals surface area contributed by atoms with Crippen LogP contribution in [0.2, 0.25) is 5.02 Å². The van der Waals surface area contributed by atoms with Crippen LogP contribution in [0.15, 0.2) is 34.1 Å². The Hall–Kier alpha value is -1.04. The van der Waals surface area contributed by atoms with Gasteiger partial charge in [0.15, 0.2) is 0 Å². The van der Waals surface area contributed by atoms with Gasteiger partial charge in [0.1, 0.15) is 0 Å². The van der Waals surface area contributed by atoms with Gasteiger partial charge in [-0.25, -0.2) is 0 Å². The summed E-state index contributed by atoms with van der Waals surface area (Å²) in [5, 5.41) is 6.40. The SMILES string of the molecule is CNC(=O)c1cc(NC(C)c2ccc(Br)s2)ccc1Cl. The molecule has 0 saturated heterocycles. The molecule has 0 fully saturated rings. The third kappa shape index (κ3) is 3.53. The van der Waals surface area contributed by atoms with E-state index in [0.29, 0.717) is 10.6 Å². The highest BCUT2D eigenvalue weighted by Gasteiger charge is 2.12. The van der Waals surface area contributed by atoms with Gasteiger partial charge in [-0.15, -0.1) is 11.3 Å². The monoisotopic (exact) mass is 372 g/mol. The fourth-order valence-corrected chi connectivity index (χ4v) is 3.44. The fraction of sp³-hybridized carbons (Fsp3) is 0.214. The second kappa shape index (κ2) is 6.61. The third-order valence-electron chi connectivity index (χ3n) is 2.84. The molecule has 2 rings (SSSR count). The van der Waals surface area contributed by atoms with E-state index in [2.05, 4.69) is 39.6 Å². The van der Waals surface area contributed by atoms with Crippen molar-refractivity contribution in [2.45, 2.75) is 13.0 Å². The van der Waals surface area contributed by atoms with E-state index in [1.807, 2.05) is 12.1 Å². The predicted octanol–water partition coefficient (Wildman–Crippen LogP) is 4.70. The number of carbonyl (C=O) groups is 1. The van der Waals surface area contributed by atoms with Crippen molar-refractivity contribution >= 4 is 50.5 Å². The quantitative estimate of drug-likeness (QED) is 0.816. The van der Waals surface area contributed by atoms with Crippen molar-refractivity contribution in [3.63, 3.8) is 0 Å². The van der Waals surface area contributed by atoms with Gasteiger partial charge >= 0.3 is 0 Å². The lowest BCUT2D eigenvalue weighted by Crippen LogP contribution is -2.18. The summed E-state index contributed by atoms with van der Waals surface area (Å²) in [6.45, 7) is 2.08. The Kier molecular flexibility index (Phi) is 5.07. The molecule has 6 heteroatoms. The number of carbonyl (C=O) groups excluding carboxylic acids is 1. The first-order valence-corrected chi connectivity index (χ1v) is 8.03. The average molecular weight is 374 g/mol. The Morgan fingerprint density at radius 1 is 1.35 bits per heavy atom. The molecule has 0 aliphatic heterocycles. The van der Waals surface area contributed by atoms with Crippen LogP contribution in [0.4, 0.5) is 5.69 Å². The molecule has 1 heterocycles. The van der Waals surface area contributed by atoms with Crippen molar-refractivity contribution in [1.82, 2.24) is 5.32 Å². The molecule has 3 nitrogen and oxygen atoms in total. The highest BCUT2D eigenvalue weighted by atomic mass is 79.9. The molecule has 1 aromatic carbocycles. The van der Waals surface area contributed by atoms with Gasteiger partial charge in [-0.3, -0.25) is 4.79 Å². The summed E-state index contributed by atoms with van der Waals surface area (Å²) >= 11 is 11.2. The van der Waals surface area contributed by atoms with Crippen LogP contribution in [-0.4, -0.2) is 13.0 Å². The highest BCUT2D eigenvalue weighted by molar-refractivity contribution is 9.11. The molecule has 0 bridgehead atoms. The van der Waals surface area contributed by atoms with Gasteiger partial charge in [-0.2, -0.15) is 0 Å². The summed E-state index contributed by atoms with van der Waals surface area (Å²) < 4.78 is 1.10. The molecule has 0 aliphatic rings. The minimum Gasteiger partial charge on any atom is -0.378 e. The van der Waals surface area contributed by atoms with Crippen LogP contribution in [0.5, 0.6) is 0 Å². The van der Waals surface area contributed by atoms with Crippen molar-refractivity contribution in [2.24, 2.45) is 0 Å². The van der Waals surface area contributed by atoms with E-state index in [0.717, 1.165) is 9.47 Å². The first-order chi connectivity index (χ1) is 9.51. The van der Waals surface area contributed by atoms with Crippen molar-refractivity contribution in [1.29, 1.82) is 0 Å². The number of hydrogen-bond donors (Lipinski definition) is 2. The van der Waals surface area contributed by atoms with Crippen LogP contribution < -0.4 is 10.6 Å². The number of benzene rings is 1. The second-order valence-electron chi connectivity index (χ2n) is 4.28. The molecule has 1 unspecified atom stereocenters. The molecule has 2 aromatic rings. The molecule has 0 radical (unpaired) electrons. The Morgan fingerprint density at radius 2 is 2.10 bits per heavy atom. The smallest absolute Gasteiger partial charge is 0.252 e. The third-order valence-corrected chi connectivity index (χ3v) is 4.98. The second-order valence-corrected chi connectivity index (χ2v) is 7.18. The highest BCUT2D eigenvalue weighted by Crippen LogP contribution is 2.30. The van der Waals surface area contributed by atoms with E-state index in [-0.39, 0.29) is 11.9 Å². The molecule has 106 valence electrons. The van der Waals surface area contributed by atoms with Crippen molar-refractivity contribution in [3.05, 3.63) is 49.6 Å². The summed E-state index contributed by atoms with van der Waals surface area (Å²) in [7, 11) is 1.59. The van der Waals surface area contributed by atoms with E-state index in [1.165, 1.54) is 4.88 Å². The maximum atomic E-state index is 11.7. The number of rotatable bonds is 4. The molecule has 0 saturated carbocycles. The van der Waals surface area contributed by atoms with Crippen molar-refractivity contribution in [3.8, 4) is 0 Å². The molecule has 1 atom stereocenters. The minimum absolute atomic E-state index is 0.157. The van der Waals surface area contributed by atoms with Crippen molar-refractivity contribution in [2.75, 3.05) is 12.4 Å². The van der Waals surface area contributed by atoms with Crippen LogP contribution in [0.25, 0.3) is 0 Å². The van der Waals surface area contributed by atoms with Gasteiger partial charge in [0.05, 0.1) is 20.4 Å². The molecule has 1 aromatic heterocycles. The Morgan fingerprint density at radius 3 is 2.70 bits per heavy atom. The van der Waals surface area contributed by atoms with Gasteiger partial charge in [0, 0.05) is 17.6 Å². The average Bonchev–Trinajstić information content (AvgIpc) is 2.87. The lowest BCUT2D eigenvalue weighted by molar-refractivity contribution is 0.0963. The maximum Gasteiger partial charge on any atom is 0.252 e. The summed E-state index contributed by atoms with van der Waals surface area (Å²) in [5.74, 6) is -0.190. The fourth-order valence-electron chi connectivity index (χ4n) is 1.81. The number of thiophene rings is 1. The molecule has 2 N–H and O–H groups in total. The lowest BCUT2D eigenvalue weighted by Gasteiger charge is -2.15. The van der Waals surface area contributed by atoms with E-state index < -0.39 is 0 Å². The lowest BCUT2D eigenvalue weighted by atomic mass is 10.1. The summed E-state index contributed by atoms with van der Waals surface area (Å²) in [6.07, 6.45) is 0. The number of nitrogens with one attached hydrogen (secondary N) is 2. The summed E-state index contributed by atoms with van der Waals surface area (Å²) in [5.41, 5.74) is 1.34. The molecule has 1 amide bonds. The van der Waals surface area contributed by atoms with Gasteiger partial charge < -0.3 is 10.6 Å². The van der Waals surface area contributed by atoms with Crippen LogP contribution >= 0.6 is 38.9 Å². The summed E-state index contributed by atoms with van der Waals surface area (Å²) in [4.78, 5) is 12.9. The van der Waals surface area contributed by atoms with Gasteiger partial charge in [-0.05, 0) is 53.2 Å².